The second kappa shape index (κ2) is 35.6. The predicted molar refractivity (Wildman–Crippen MR) is 22.3 cm³/mol. The van der Waals surface area contributed by atoms with Gasteiger partial charge in [-0.2, -0.15) is 0 Å². The molecule has 0 bridgehead atoms. The Morgan fingerprint density at radius 2 is 1.20 bits per heavy atom. The summed E-state index contributed by atoms with van der Waals surface area (Å²) in [6.45, 7) is 0. The van der Waals surface area contributed by atoms with Crippen LogP contribution in [0.15, 0.2) is 0 Å². The van der Waals surface area contributed by atoms with Crippen molar-refractivity contribution < 1.29 is 8.55 Å². The molecular formula is CH6BaO2Sn. The van der Waals surface area contributed by atoms with Crippen molar-refractivity contribution in [3.8, 4) is 0 Å². The van der Waals surface area contributed by atoms with Gasteiger partial charge in [-0.3, -0.25) is 0 Å². The third-order valence-corrected chi connectivity index (χ3v) is 0. The van der Waals surface area contributed by atoms with Crippen molar-refractivity contribution in [3.05, 3.63) is 0 Å². The zero-order valence-corrected chi connectivity index (χ0v) is 11.5. The van der Waals surface area contributed by atoms with Crippen molar-refractivity contribution in [2.75, 3.05) is 0 Å². The maximum atomic E-state index is 8.34. The summed E-state index contributed by atoms with van der Waals surface area (Å²) >= 11 is 0.300. The SMILES string of the molecule is C.[BaH+].[OH-].[O]=[Sn]. The first-order valence-electron chi connectivity index (χ1n) is 0.204. The van der Waals surface area contributed by atoms with Gasteiger partial charge in [0, 0.05) is 0 Å². The van der Waals surface area contributed by atoms with Crippen LogP contribution in [0.1, 0.15) is 7.43 Å². The van der Waals surface area contributed by atoms with E-state index in [0.717, 1.165) is 0 Å². The molecule has 4 heteroatoms. The van der Waals surface area contributed by atoms with Crippen molar-refractivity contribution in [3.63, 3.8) is 0 Å². The van der Waals surface area contributed by atoms with Crippen molar-refractivity contribution in [2.45, 2.75) is 7.43 Å². The van der Waals surface area contributed by atoms with Crippen molar-refractivity contribution in [1.82, 2.24) is 0 Å². The summed E-state index contributed by atoms with van der Waals surface area (Å²) in [6, 6.07) is 0. The number of hydrogen-bond donors (Lipinski definition) is 0. The number of hydrogen-bond acceptors (Lipinski definition) is 2. The normalized spacial score (nSPS) is 0.800. The zero-order chi connectivity index (χ0) is 2.00. The first-order chi connectivity index (χ1) is 1.00. The summed E-state index contributed by atoms with van der Waals surface area (Å²) in [5.41, 5.74) is 0. The molecule has 28 valence electrons. The Balaban J connectivity index is -0.00000000167. The fourth-order valence-corrected chi connectivity index (χ4v) is 0. The van der Waals surface area contributed by atoms with Crippen LogP contribution in [0.25, 0.3) is 0 Å². The minimum absolute atomic E-state index is 0. The van der Waals surface area contributed by atoms with E-state index in [1.807, 2.05) is 0 Å². The Hall–Kier alpha value is 2.13. The molecule has 2 nitrogen and oxygen atoms in total. The first kappa shape index (κ1) is 27.3. The van der Waals surface area contributed by atoms with E-state index in [0.29, 0.717) is 22.5 Å². The van der Waals surface area contributed by atoms with E-state index in [2.05, 4.69) is 0 Å². The van der Waals surface area contributed by atoms with Crippen molar-refractivity contribution >= 4 is 71.4 Å². The van der Waals surface area contributed by atoms with Gasteiger partial charge in [-0.1, -0.05) is 7.43 Å². The van der Waals surface area contributed by atoms with Crippen molar-refractivity contribution in [1.29, 1.82) is 0 Å². The summed E-state index contributed by atoms with van der Waals surface area (Å²) in [6.07, 6.45) is 0. The molecule has 0 saturated heterocycles. The van der Waals surface area contributed by atoms with Crippen LogP contribution >= 0.6 is 0 Å². The van der Waals surface area contributed by atoms with Gasteiger partial charge in [0.25, 0.3) is 0 Å². The predicted octanol–water partition coefficient (Wildman–Crippen LogP) is -0.689. The van der Waals surface area contributed by atoms with Gasteiger partial charge >= 0.3 is 74.5 Å². The van der Waals surface area contributed by atoms with Gasteiger partial charge in [-0.25, -0.2) is 0 Å². The molecule has 0 fully saturated rings. The molecule has 0 unspecified atom stereocenters. The van der Waals surface area contributed by atoms with Gasteiger partial charge in [-0.15, -0.1) is 0 Å². The quantitative estimate of drug-likeness (QED) is 0.556. The standard InChI is InChI=1S/CH4.Ba.H2O.O.Sn.H/h1H4;;1H2;;;/q;+1;;;;/p-1. The maximum absolute atomic E-state index is 8.34. The molecular weight excluding hydrogens is 300 g/mol. The van der Waals surface area contributed by atoms with Crippen LogP contribution in [0, 0.1) is 0 Å². The van der Waals surface area contributed by atoms with Gasteiger partial charge < -0.3 is 5.48 Å². The fraction of sp³-hybridized carbons (Fsp3) is 1.00. The van der Waals surface area contributed by atoms with E-state index in [1.54, 1.807) is 0 Å². The summed E-state index contributed by atoms with van der Waals surface area (Å²) < 4.78 is 8.34. The van der Waals surface area contributed by atoms with E-state index < -0.39 is 0 Å². The van der Waals surface area contributed by atoms with Gasteiger partial charge in [-0.05, 0) is 0 Å². The van der Waals surface area contributed by atoms with E-state index in [1.165, 1.54) is 0 Å². The monoisotopic (exact) mass is 308 g/mol. The molecule has 0 aliphatic carbocycles. The molecule has 5 heavy (non-hydrogen) atoms. The molecule has 0 aromatic carbocycles. The number of rotatable bonds is 0. The molecule has 0 aliphatic heterocycles. The third kappa shape index (κ3) is 23.0. The summed E-state index contributed by atoms with van der Waals surface area (Å²) in [7, 11) is 0. The average Bonchev–Trinajstić information content (AvgIpc) is 1.00. The summed E-state index contributed by atoms with van der Waals surface area (Å²) in [5, 5.41) is 0. The molecule has 0 aromatic rings. The van der Waals surface area contributed by atoms with Crippen LogP contribution in [0.2, 0.25) is 0 Å². The summed E-state index contributed by atoms with van der Waals surface area (Å²) in [5.74, 6) is 0. The Morgan fingerprint density at radius 1 is 1.20 bits per heavy atom. The van der Waals surface area contributed by atoms with Crippen LogP contribution in [-0.2, 0) is 3.08 Å². The zero-order valence-electron chi connectivity index (χ0n) is 2.36. The van der Waals surface area contributed by atoms with E-state index >= 15 is 0 Å². The minimum atomic E-state index is 0. The van der Waals surface area contributed by atoms with E-state index in [4.69, 9.17) is 3.08 Å². The Kier molecular flexibility index (Phi) is 194. The molecule has 0 saturated carbocycles. The van der Waals surface area contributed by atoms with Gasteiger partial charge in [0.15, 0.2) is 0 Å². The Morgan fingerprint density at radius 3 is 1.20 bits per heavy atom. The first-order valence-corrected chi connectivity index (χ1v) is 1.37. The molecule has 2 radical (unpaired) electrons. The van der Waals surface area contributed by atoms with Crippen LogP contribution in [0.3, 0.4) is 0 Å². The van der Waals surface area contributed by atoms with E-state index in [-0.39, 0.29) is 61.8 Å². The van der Waals surface area contributed by atoms with Gasteiger partial charge in [0.1, 0.15) is 0 Å². The van der Waals surface area contributed by atoms with Crippen LogP contribution < -0.4 is 0 Å². The molecule has 1 N–H and O–H groups in total. The fourth-order valence-electron chi connectivity index (χ4n) is 0. The molecule has 0 atom stereocenters. The Bertz CT molecular complexity index is 9.61. The molecule has 0 aliphatic rings. The average molecular weight is 306 g/mol. The topological polar surface area (TPSA) is 47.1 Å². The molecule has 0 aromatic heterocycles. The molecule has 0 amide bonds. The van der Waals surface area contributed by atoms with Gasteiger partial charge in [0.05, 0.1) is 0 Å². The van der Waals surface area contributed by atoms with Gasteiger partial charge in [0.2, 0.25) is 0 Å². The van der Waals surface area contributed by atoms with Crippen molar-refractivity contribution in [2.24, 2.45) is 0 Å². The third-order valence-electron chi connectivity index (χ3n) is 0. The molecule has 0 spiro atoms. The summed E-state index contributed by atoms with van der Waals surface area (Å²) in [4.78, 5) is 0. The van der Waals surface area contributed by atoms with E-state index in [9.17, 15) is 0 Å². The second-order valence-electron chi connectivity index (χ2n) is 0. The van der Waals surface area contributed by atoms with Crippen LogP contribution in [0.5, 0.6) is 0 Å². The van der Waals surface area contributed by atoms with Crippen LogP contribution in [-0.4, -0.2) is 76.9 Å². The molecule has 0 rings (SSSR count). The Labute approximate surface area is 85.6 Å². The molecule has 0 heterocycles. The second-order valence-corrected chi connectivity index (χ2v) is 0. The van der Waals surface area contributed by atoms with Crippen LogP contribution in [0.4, 0.5) is 0 Å².